The van der Waals surface area contributed by atoms with Crippen molar-refractivity contribution in [3.8, 4) is 0 Å². The van der Waals surface area contributed by atoms with Crippen LogP contribution >= 0.6 is 0 Å². The van der Waals surface area contributed by atoms with Crippen LogP contribution in [-0.2, 0) is 4.79 Å². The summed E-state index contributed by atoms with van der Waals surface area (Å²) in [4.78, 5) is 11.7. The van der Waals surface area contributed by atoms with E-state index < -0.39 is 5.60 Å². The van der Waals surface area contributed by atoms with Gasteiger partial charge in [-0.3, -0.25) is 4.79 Å². The van der Waals surface area contributed by atoms with Crippen molar-refractivity contribution in [2.75, 3.05) is 0 Å². The molecular formula is C20H28O2. The van der Waals surface area contributed by atoms with Crippen molar-refractivity contribution in [3.63, 3.8) is 0 Å². The van der Waals surface area contributed by atoms with Crippen LogP contribution in [0.4, 0.5) is 0 Å². The van der Waals surface area contributed by atoms with E-state index in [9.17, 15) is 9.90 Å². The first-order valence-corrected chi connectivity index (χ1v) is 8.95. The molecule has 0 unspecified atom stereocenters. The Morgan fingerprint density at radius 1 is 1.09 bits per heavy atom. The lowest BCUT2D eigenvalue weighted by molar-refractivity contribution is -0.114. The van der Waals surface area contributed by atoms with Crippen LogP contribution in [-0.4, -0.2) is 16.5 Å². The maximum atomic E-state index is 11.7. The minimum absolute atomic E-state index is 0.0760. The Kier molecular flexibility index (Phi) is 2.90. The highest BCUT2D eigenvalue weighted by Gasteiger charge is 2.61. The zero-order valence-electron chi connectivity index (χ0n) is 14.1. The van der Waals surface area contributed by atoms with Gasteiger partial charge in [-0.05, 0) is 80.8 Å². The third-order valence-corrected chi connectivity index (χ3v) is 8.12. The van der Waals surface area contributed by atoms with Crippen LogP contribution in [0.1, 0.15) is 59.3 Å². The molecule has 0 aromatic heterocycles. The summed E-state index contributed by atoms with van der Waals surface area (Å²) in [5, 5.41) is 10.9. The van der Waals surface area contributed by atoms with Crippen molar-refractivity contribution in [1.82, 2.24) is 0 Å². The summed E-state index contributed by atoms with van der Waals surface area (Å²) < 4.78 is 0. The summed E-state index contributed by atoms with van der Waals surface area (Å²) in [7, 11) is 0. The Morgan fingerprint density at radius 3 is 2.59 bits per heavy atom. The molecule has 0 heterocycles. The summed E-state index contributed by atoms with van der Waals surface area (Å²) in [6.45, 7) is 6.73. The average molecular weight is 300 g/mol. The lowest BCUT2D eigenvalue weighted by Crippen LogP contribution is -2.53. The number of fused-ring (bicyclic) bond motifs is 5. The molecule has 4 rings (SSSR count). The van der Waals surface area contributed by atoms with Gasteiger partial charge in [0.1, 0.15) is 0 Å². The highest BCUT2D eigenvalue weighted by atomic mass is 16.3. The monoisotopic (exact) mass is 300 g/mol. The average Bonchev–Trinajstić information content (AvgIpc) is 2.70. The van der Waals surface area contributed by atoms with Crippen molar-refractivity contribution in [2.24, 2.45) is 28.6 Å². The Morgan fingerprint density at radius 2 is 1.82 bits per heavy atom. The molecule has 120 valence electrons. The molecule has 4 aliphatic rings. The number of ketones is 1. The van der Waals surface area contributed by atoms with Gasteiger partial charge in [0.25, 0.3) is 0 Å². The fraction of sp³-hybridized carbons (Fsp3) is 0.750. The van der Waals surface area contributed by atoms with Gasteiger partial charge < -0.3 is 5.11 Å². The molecule has 6 atom stereocenters. The molecule has 3 saturated carbocycles. The first-order chi connectivity index (χ1) is 10.3. The van der Waals surface area contributed by atoms with Gasteiger partial charge in [-0.2, -0.15) is 0 Å². The molecular weight excluding hydrogens is 272 g/mol. The molecule has 0 radical (unpaired) electrons. The zero-order chi connectivity index (χ0) is 15.8. The molecule has 22 heavy (non-hydrogen) atoms. The van der Waals surface area contributed by atoms with E-state index in [1.807, 2.05) is 6.08 Å². The van der Waals surface area contributed by atoms with Crippen LogP contribution in [0, 0.1) is 28.6 Å². The first kappa shape index (κ1) is 14.7. The predicted octanol–water partition coefficient (Wildman–Crippen LogP) is 4.05. The summed E-state index contributed by atoms with van der Waals surface area (Å²) in [6.07, 6.45) is 12.5. The van der Waals surface area contributed by atoms with Gasteiger partial charge in [-0.1, -0.05) is 25.5 Å². The van der Waals surface area contributed by atoms with Crippen molar-refractivity contribution in [2.45, 2.75) is 64.9 Å². The summed E-state index contributed by atoms with van der Waals surface area (Å²) in [5.41, 5.74) is 1.01. The van der Waals surface area contributed by atoms with E-state index in [-0.39, 0.29) is 16.6 Å². The second kappa shape index (κ2) is 4.35. The number of carbonyl (C=O) groups excluding carboxylic acids is 1. The van der Waals surface area contributed by atoms with Crippen LogP contribution in [0.25, 0.3) is 0 Å². The van der Waals surface area contributed by atoms with Crippen LogP contribution in [0.5, 0.6) is 0 Å². The molecule has 0 aliphatic heterocycles. The molecule has 2 nitrogen and oxygen atoms in total. The SMILES string of the molecule is C[C@]12C=CC(=O)C=C1CC[C@H]1[C@H]3CC[C@](C)(O)[C@@]3(C)CC[C@@H]12. The van der Waals surface area contributed by atoms with E-state index in [0.717, 1.165) is 19.3 Å². The van der Waals surface area contributed by atoms with Crippen LogP contribution < -0.4 is 0 Å². The molecule has 0 aromatic carbocycles. The lowest BCUT2D eigenvalue weighted by Gasteiger charge is -2.57. The molecule has 0 spiro atoms. The number of aliphatic hydroxyl groups is 1. The van der Waals surface area contributed by atoms with Crippen molar-refractivity contribution in [1.29, 1.82) is 0 Å². The molecule has 2 heteroatoms. The molecule has 0 amide bonds. The van der Waals surface area contributed by atoms with Gasteiger partial charge >= 0.3 is 0 Å². The molecule has 0 aromatic rings. The number of hydrogen-bond acceptors (Lipinski definition) is 2. The Labute approximate surface area is 133 Å². The van der Waals surface area contributed by atoms with E-state index >= 15 is 0 Å². The van der Waals surface area contributed by atoms with Gasteiger partial charge in [0.15, 0.2) is 5.78 Å². The van der Waals surface area contributed by atoms with Crippen molar-refractivity contribution in [3.05, 3.63) is 23.8 Å². The third-order valence-electron chi connectivity index (χ3n) is 8.12. The summed E-state index contributed by atoms with van der Waals surface area (Å²) in [6, 6.07) is 0. The largest absolute Gasteiger partial charge is 0.390 e. The normalized spacial score (nSPS) is 53.5. The Hall–Kier alpha value is -0.890. The van der Waals surface area contributed by atoms with Crippen LogP contribution in [0.3, 0.4) is 0 Å². The minimum Gasteiger partial charge on any atom is -0.390 e. The Balaban J connectivity index is 1.71. The van der Waals surface area contributed by atoms with E-state index in [0.29, 0.717) is 17.8 Å². The van der Waals surface area contributed by atoms with Crippen LogP contribution in [0.2, 0.25) is 0 Å². The summed E-state index contributed by atoms with van der Waals surface area (Å²) >= 11 is 0. The maximum absolute atomic E-state index is 11.7. The van der Waals surface area contributed by atoms with Gasteiger partial charge in [0, 0.05) is 5.41 Å². The fourth-order valence-electron chi connectivity index (χ4n) is 6.44. The molecule has 1 N–H and O–H groups in total. The van der Waals surface area contributed by atoms with Crippen molar-refractivity contribution >= 4 is 5.78 Å². The van der Waals surface area contributed by atoms with Gasteiger partial charge in [0.05, 0.1) is 5.60 Å². The smallest absolute Gasteiger partial charge is 0.178 e. The Bertz CT molecular complexity index is 585. The standard InChI is InChI=1S/C20H28O2/c1-18-9-6-14(21)12-13(18)4-5-15-16(18)7-10-19(2)17(15)8-11-20(19,3)22/h6,9,12,15-17,22H,4-5,7-8,10-11H2,1-3H3/t15-,16+,17-,18+,19+,20+/m1/s1. The number of allylic oxidation sites excluding steroid dienone is 4. The molecule has 0 saturated heterocycles. The zero-order valence-corrected chi connectivity index (χ0v) is 14.1. The van der Waals surface area contributed by atoms with E-state index in [1.165, 1.54) is 24.8 Å². The number of hydrogen-bond donors (Lipinski definition) is 1. The lowest BCUT2D eigenvalue weighted by atomic mass is 9.47. The van der Waals surface area contributed by atoms with E-state index in [1.54, 1.807) is 6.08 Å². The molecule has 4 aliphatic carbocycles. The predicted molar refractivity (Wildman–Crippen MR) is 87.2 cm³/mol. The fourth-order valence-corrected chi connectivity index (χ4v) is 6.44. The topological polar surface area (TPSA) is 37.3 Å². The minimum atomic E-state index is -0.502. The van der Waals surface area contributed by atoms with E-state index in [4.69, 9.17) is 0 Å². The second-order valence-electron chi connectivity index (χ2n) is 8.87. The van der Waals surface area contributed by atoms with E-state index in [2.05, 4.69) is 26.8 Å². The highest BCUT2D eigenvalue weighted by molar-refractivity contribution is 6.01. The number of carbonyl (C=O) groups is 1. The second-order valence-corrected chi connectivity index (χ2v) is 8.87. The quantitative estimate of drug-likeness (QED) is 0.733. The molecule has 0 bridgehead atoms. The van der Waals surface area contributed by atoms with Gasteiger partial charge in [0.2, 0.25) is 0 Å². The molecule has 3 fully saturated rings. The maximum Gasteiger partial charge on any atom is 0.178 e. The summed E-state index contributed by atoms with van der Waals surface area (Å²) in [5.74, 6) is 2.15. The highest BCUT2D eigenvalue weighted by Crippen LogP contribution is 2.66. The van der Waals surface area contributed by atoms with Gasteiger partial charge in [-0.15, -0.1) is 0 Å². The third kappa shape index (κ3) is 1.68. The van der Waals surface area contributed by atoms with Gasteiger partial charge in [-0.25, -0.2) is 0 Å². The van der Waals surface area contributed by atoms with Crippen molar-refractivity contribution < 1.29 is 9.90 Å². The van der Waals surface area contributed by atoms with Crippen LogP contribution in [0.15, 0.2) is 23.8 Å². The first-order valence-electron chi connectivity index (χ1n) is 8.95. The number of rotatable bonds is 0.